The molecule has 0 aromatic rings. The lowest BCUT2D eigenvalue weighted by molar-refractivity contribution is 0.226. The summed E-state index contributed by atoms with van der Waals surface area (Å²) >= 11 is 0. The molecule has 2 heteroatoms. The average molecular weight is 324 g/mol. The first-order valence-electron chi connectivity index (χ1n) is 9.64. The van der Waals surface area contributed by atoms with Crippen LogP contribution in [-0.4, -0.2) is 19.7 Å². The minimum absolute atomic E-state index is 0. The van der Waals surface area contributed by atoms with Crippen LogP contribution in [-0.2, 0) is 0 Å². The molecule has 2 aliphatic carbocycles. The molecular weight excluding hydrogens is 282 g/mol. The topological polar surface area (TPSA) is 0 Å². The molecule has 2 saturated carbocycles. The van der Waals surface area contributed by atoms with E-state index in [9.17, 15) is 0 Å². The highest BCUT2D eigenvalue weighted by Crippen LogP contribution is 2.51. The van der Waals surface area contributed by atoms with Gasteiger partial charge in [0.2, 0.25) is 0 Å². The normalized spacial score (nSPS) is 40.4. The third kappa shape index (κ3) is 5.26. The summed E-state index contributed by atoms with van der Waals surface area (Å²) in [7, 11) is 1.25. The minimum atomic E-state index is 0. The van der Waals surface area contributed by atoms with E-state index in [1.807, 2.05) is 0 Å². The molecule has 22 heavy (non-hydrogen) atoms. The third-order valence-electron chi connectivity index (χ3n) is 6.47. The largest absolute Gasteiger partial charge is 0.115 e. The van der Waals surface area contributed by atoms with Gasteiger partial charge >= 0.3 is 0 Å². The van der Waals surface area contributed by atoms with E-state index >= 15 is 0 Å². The fourth-order valence-corrected chi connectivity index (χ4v) is 8.29. The molecule has 0 aromatic heterocycles. The summed E-state index contributed by atoms with van der Waals surface area (Å²) < 4.78 is 0. The quantitative estimate of drug-likeness (QED) is 0.479. The summed E-state index contributed by atoms with van der Waals surface area (Å²) in [6.45, 7) is 14.9. The van der Waals surface area contributed by atoms with Crippen LogP contribution in [0.1, 0.15) is 80.1 Å². The Hall–Kier alpha value is 0.495. The Morgan fingerprint density at radius 2 is 1.05 bits per heavy atom. The fraction of sp³-hybridized carbons (Fsp3) is 1.00. The van der Waals surface area contributed by atoms with Crippen molar-refractivity contribution in [1.29, 1.82) is 0 Å². The van der Waals surface area contributed by atoms with Gasteiger partial charge < -0.3 is 0 Å². The van der Waals surface area contributed by atoms with E-state index in [0.29, 0.717) is 0 Å². The van der Waals surface area contributed by atoms with Gasteiger partial charge in [-0.1, -0.05) is 54.4 Å². The predicted molar refractivity (Wildman–Crippen MR) is 109 cm³/mol. The maximum Gasteiger partial charge on any atom is 0.0814 e. The lowest BCUT2D eigenvalue weighted by atomic mass is 9.76. The van der Waals surface area contributed by atoms with Crippen LogP contribution in [0.15, 0.2) is 0 Å². The molecule has 2 fully saturated rings. The Balaban J connectivity index is 0.00000242. The molecule has 0 heterocycles. The van der Waals surface area contributed by atoms with E-state index in [1.165, 1.54) is 47.1 Å². The zero-order valence-electron chi connectivity index (χ0n) is 15.4. The van der Waals surface area contributed by atoms with Gasteiger partial charge in [0.05, 0.1) is 8.41 Å². The summed E-state index contributed by atoms with van der Waals surface area (Å²) in [6, 6.07) is 0. The molecule has 6 unspecified atom stereocenters. The highest BCUT2D eigenvalue weighted by molar-refractivity contribution is 7.39. The minimum Gasteiger partial charge on any atom is -0.115 e. The van der Waals surface area contributed by atoms with E-state index in [1.54, 1.807) is 0 Å². The molecule has 2 rings (SSSR count). The van der Waals surface area contributed by atoms with Crippen LogP contribution in [0.5, 0.6) is 0 Å². The number of hydrogen-bond donors (Lipinski definition) is 0. The fourth-order valence-electron chi connectivity index (χ4n) is 5.06. The predicted octanol–water partition coefficient (Wildman–Crippen LogP) is 5.40. The Kier molecular flexibility index (Phi) is 8.50. The lowest BCUT2D eigenvalue weighted by Crippen LogP contribution is -2.35. The number of rotatable bonds is 4. The summed E-state index contributed by atoms with van der Waals surface area (Å²) in [5, 5.41) is 0. The van der Waals surface area contributed by atoms with Crippen molar-refractivity contribution in [3.8, 4) is 0 Å². The molecule has 0 bridgehead atoms. The van der Waals surface area contributed by atoms with Crippen molar-refractivity contribution in [2.24, 2.45) is 35.5 Å². The van der Waals surface area contributed by atoms with Gasteiger partial charge in [-0.25, -0.2) is 0 Å². The molecule has 0 nitrogen and oxygen atoms in total. The Morgan fingerprint density at radius 1 is 0.682 bits per heavy atom. The zero-order valence-corrected chi connectivity index (χ0v) is 16.4. The summed E-state index contributed by atoms with van der Waals surface area (Å²) in [5.74, 6) is 5.79. The monoisotopic (exact) mass is 324 g/mol. The van der Waals surface area contributed by atoms with Crippen molar-refractivity contribution in [1.82, 2.24) is 0 Å². The highest BCUT2D eigenvalue weighted by Gasteiger charge is 2.37. The van der Waals surface area contributed by atoms with Crippen LogP contribution < -0.4 is 0 Å². The van der Waals surface area contributed by atoms with Crippen LogP contribution in [0.4, 0.5) is 0 Å². The molecule has 6 atom stereocenters. The van der Waals surface area contributed by atoms with E-state index in [2.05, 4.69) is 41.5 Å². The summed E-state index contributed by atoms with van der Waals surface area (Å²) in [6.07, 6.45) is 9.03. The van der Waals surface area contributed by atoms with E-state index in [4.69, 9.17) is 0 Å². The zero-order chi connectivity index (χ0) is 15.6. The summed E-state index contributed by atoms with van der Waals surface area (Å²) in [5.41, 5.74) is 2.09. The van der Waals surface area contributed by atoms with Gasteiger partial charge in [0.15, 0.2) is 0 Å². The standard InChI is InChI=1S/C20H39P.BH3/c1-13(2)17-9-7-15(5)11-19(17)21-20-12-16(6)8-10-18(20)14(3)4;/h13-21H,7-12H2,1-6H3;1H3. The molecule has 0 N–H and O–H groups in total. The molecule has 130 valence electrons. The molecule has 0 amide bonds. The summed E-state index contributed by atoms with van der Waals surface area (Å²) in [4.78, 5) is 0. The smallest absolute Gasteiger partial charge is 0.0814 e. The van der Waals surface area contributed by atoms with Crippen molar-refractivity contribution in [2.45, 2.75) is 91.4 Å². The van der Waals surface area contributed by atoms with Crippen LogP contribution in [0.3, 0.4) is 0 Å². The second-order valence-corrected chi connectivity index (χ2v) is 10.8. The Bertz CT molecular complexity index is 285. The van der Waals surface area contributed by atoms with Gasteiger partial charge in [0.1, 0.15) is 0 Å². The van der Waals surface area contributed by atoms with Gasteiger partial charge in [-0.15, -0.1) is 8.58 Å². The van der Waals surface area contributed by atoms with Gasteiger partial charge in [0.25, 0.3) is 0 Å². The SMILES string of the molecule is B.CC1CCC(C(C)C)C(PC2CC(C)CCC2C(C)C)C1. The third-order valence-corrected chi connectivity index (χ3v) is 8.66. The first-order chi connectivity index (χ1) is 9.88. The molecule has 2 aliphatic rings. The first kappa shape index (κ1) is 20.5. The maximum absolute atomic E-state index is 2.50. The molecule has 0 aromatic carbocycles. The van der Waals surface area contributed by atoms with Crippen LogP contribution in [0, 0.1) is 35.5 Å². The van der Waals surface area contributed by atoms with E-state index in [-0.39, 0.29) is 8.41 Å². The van der Waals surface area contributed by atoms with Crippen LogP contribution >= 0.6 is 8.58 Å². The molecular formula is C20H42BP. The van der Waals surface area contributed by atoms with Crippen molar-refractivity contribution >= 4 is 17.0 Å². The van der Waals surface area contributed by atoms with Crippen molar-refractivity contribution in [2.75, 3.05) is 0 Å². The van der Waals surface area contributed by atoms with Gasteiger partial charge in [-0.3, -0.25) is 0 Å². The van der Waals surface area contributed by atoms with E-state index in [0.717, 1.165) is 46.8 Å². The molecule has 0 saturated heterocycles. The Labute approximate surface area is 144 Å². The maximum atomic E-state index is 2.50. The molecule has 0 radical (unpaired) electrons. The lowest BCUT2D eigenvalue weighted by Gasteiger charge is -2.44. The Morgan fingerprint density at radius 3 is 1.36 bits per heavy atom. The first-order valence-corrected chi connectivity index (χ1v) is 10.8. The highest BCUT2D eigenvalue weighted by atomic mass is 31.1. The van der Waals surface area contributed by atoms with Crippen LogP contribution in [0.25, 0.3) is 0 Å². The second-order valence-electron chi connectivity index (χ2n) is 9.03. The van der Waals surface area contributed by atoms with Crippen molar-refractivity contribution < 1.29 is 0 Å². The van der Waals surface area contributed by atoms with Gasteiger partial charge in [0, 0.05) is 0 Å². The second kappa shape index (κ2) is 9.10. The molecule has 0 spiro atoms. The van der Waals surface area contributed by atoms with Gasteiger partial charge in [-0.2, -0.15) is 0 Å². The molecule has 0 aliphatic heterocycles. The van der Waals surface area contributed by atoms with Gasteiger partial charge in [-0.05, 0) is 72.5 Å². The number of hydrogen-bond acceptors (Lipinski definition) is 0. The average Bonchev–Trinajstić information content (AvgIpc) is 2.38. The van der Waals surface area contributed by atoms with Crippen LogP contribution in [0.2, 0.25) is 0 Å². The van der Waals surface area contributed by atoms with E-state index < -0.39 is 0 Å². The van der Waals surface area contributed by atoms with Crippen molar-refractivity contribution in [3.63, 3.8) is 0 Å². The van der Waals surface area contributed by atoms with Crippen molar-refractivity contribution in [3.05, 3.63) is 0 Å².